The van der Waals surface area contributed by atoms with E-state index < -0.39 is 0 Å². The fourth-order valence-electron chi connectivity index (χ4n) is 2.15. The average Bonchev–Trinajstić information content (AvgIpc) is 2.43. The van der Waals surface area contributed by atoms with Crippen LogP contribution in [0.4, 0.5) is 11.4 Å². The normalized spacial score (nSPS) is 10.7. The number of rotatable bonds is 3. The number of para-hydroxylation sites is 1. The first kappa shape index (κ1) is 15.3. The van der Waals surface area contributed by atoms with E-state index in [1.807, 2.05) is 25.1 Å². The van der Waals surface area contributed by atoms with Crippen LogP contribution in [0, 0.1) is 6.92 Å². The first-order chi connectivity index (χ1) is 9.90. The number of nitrogens with one attached hydrogen (secondary N) is 1. The van der Waals surface area contributed by atoms with Crippen molar-refractivity contribution in [2.45, 2.75) is 26.7 Å². The molecule has 110 valence electrons. The third kappa shape index (κ3) is 3.34. The molecule has 0 bridgehead atoms. The number of carbonyl (C=O) groups excluding carboxylic acids is 1. The van der Waals surface area contributed by atoms with Gasteiger partial charge in [-0.15, -0.1) is 0 Å². The van der Waals surface area contributed by atoms with Gasteiger partial charge in [-0.25, -0.2) is 4.98 Å². The highest BCUT2D eigenvalue weighted by atomic mass is 35.5. The molecule has 3 N–H and O–H groups in total. The van der Waals surface area contributed by atoms with Crippen molar-refractivity contribution in [1.29, 1.82) is 0 Å². The molecule has 0 aliphatic heterocycles. The molecule has 21 heavy (non-hydrogen) atoms. The van der Waals surface area contributed by atoms with E-state index in [1.54, 1.807) is 0 Å². The van der Waals surface area contributed by atoms with Crippen molar-refractivity contribution < 1.29 is 4.79 Å². The Labute approximate surface area is 129 Å². The van der Waals surface area contributed by atoms with Crippen molar-refractivity contribution in [2.24, 2.45) is 0 Å². The lowest BCUT2D eigenvalue weighted by Crippen LogP contribution is -2.16. The predicted octanol–water partition coefficient (Wildman–Crippen LogP) is 4.00. The first-order valence-corrected chi connectivity index (χ1v) is 7.09. The van der Waals surface area contributed by atoms with Gasteiger partial charge in [-0.3, -0.25) is 4.79 Å². The summed E-state index contributed by atoms with van der Waals surface area (Å²) >= 11 is 5.97. The molecule has 2 rings (SSSR count). The van der Waals surface area contributed by atoms with Crippen LogP contribution in [0.2, 0.25) is 5.15 Å². The zero-order chi connectivity index (χ0) is 15.6. The van der Waals surface area contributed by atoms with E-state index in [0.717, 1.165) is 16.8 Å². The Morgan fingerprint density at radius 2 is 2.10 bits per heavy atom. The van der Waals surface area contributed by atoms with Crippen LogP contribution in [0.3, 0.4) is 0 Å². The second kappa shape index (κ2) is 6.14. The number of hydrogen-bond donors (Lipinski definition) is 2. The van der Waals surface area contributed by atoms with E-state index in [2.05, 4.69) is 24.1 Å². The lowest BCUT2D eigenvalue weighted by atomic mass is 9.98. The van der Waals surface area contributed by atoms with Crippen LogP contribution in [-0.4, -0.2) is 10.9 Å². The largest absolute Gasteiger partial charge is 0.397 e. The summed E-state index contributed by atoms with van der Waals surface area (Å²) in [4.78, 5) is 16.3. The fraction of sp³-hybridized carbons (Fsp3) is 0.250. The van der Waals surface area contributed by atoms with Crippen LogP contribution in [0.1, 0.15) is 41.3 Å². The van der Waals surface area contributed by atoms with Gasteiger partial charge >= 0.3 is 0 Å². The second-order valence-corrected chi connectivity index (χ2v) is 5.61. The molecule has 0 unspecified atom stereocenters. The van der Waals surface area contributed by atoms with Gasteiger partial charge < -0.3 is 11.1 Å². The molecule has 0 fully saturated rings. The molecule has 0 spiro atoms. The maximum absolute atomic E-state index is 12.4. The minimum Gasteiger partial charge on any atom is -0.397 e. The van der Waals surface area contributed by atoms with Crippen molar-refractivity contribution in [2.75, 3.05) is 11.1 Å². The number of amides is 1. The third-order valence-corrected chi connectivity index (χ3v) is 3.57. The van der Waals surface area contributed by atoms with Crippen molar-refractivity contribution in [3.8, 4) is 0 Å². The molecule has 0 saturated carbocycles. The predicted molar refractivity (Wildman–Crippen MR) is 86.9 cm³/mol. The number of aromatic nitrogens is 1. The summed E-state index contributed by atoms with van der Waals surface area (Å²) in [6.07, 6.45) is 1.42. The molecule has 1 aromatic heterocycles. The lowest BCUT2D eigenvalue weighted by Gasteiger charge is -2.16. The maximum atomic E-state index is 12.4. The number of nitrogens with two attached hydrogens (primary N) is 1. The van der Waals surface area contributed by atoms with E-state index in [-0.39, 0.29) is 16.6 Å². The van der Waals surface area contributed by atoms with Gasteiger partial charge in [0.15, 0.2) is 0 Å². The fourth-order valence-corrected chi connectivity index (χ4v) is 2.34. The summed E-state index contributed by atoms with van der Waals surface area (Å²) in [7, 11) is 0. The van der Waals surface area contributed by atoms with Crippen LogP contribution in [0.15, 0.2) is 30.5 Å². The van der Waals surface area contributed by atoms with Crippen LogP contribution in [0.25, 0.3) is 0 Å². The Hall–Kier alpha value is -2.07. The number of aryl methyl sites for hydroxylation is 1. The number of nitrogen functional groups attached to an aromatic ring is 1. The Kier molecular flexibility index (Phi) is 4.48. The molecule has 1 aromatic carbocycles. The zero-order valence-corrected chi connectivity index (χ0v) is 13.0. The number of halogens is 1. The maximum Gasteiger partial charge on any atom is 0.258 e. The van der Waals surface area contributed by atoms with E-state index in [0.29, 0.717) is 11.6 Å². The van der Waals surface area contributed by atoms with Gasteiger partial charge in [-0.05, 0) is 30.0 Å². The molecule has 0 aliphatic rings. The molecule has 0 radical (unpaired) electrons. The van der Waals surface area contributed by atoms with Crippen LogP contribution < -0.4 is 11.1 Å². The molecule has 4 nitrogen and oxygen atoms in total. The third-order valence-electron chi connectivity index (χ3n) is 3.27. The topological polar surface area (TPSA) is 68.0 Å². The van der Waals surface area contributed by atoms with Crippen LogP contribution in [0.5, 0.6) is 0 Å². The Morgan fingerprint density at radius 3 is 2.76 bits per heavy atom. The highest BCUT2D eigenvalue weighted by Crippen LogP contribution is 2.28. The van der Waals surface area contributed by atoms with Crippen LogP contribution >= 0.6 is 11.6 Å². The van der Waals surface area contributed by atoms with Gasteiger partial charge in [0.25, 0.3) is 5.91 Å². The number of nitrogens with zero attached hydrogens (tertiary/aromatic N) is 1. The average molecular weight is 304 g/mol. The highest BCUT2D eigenvalue weighted by Gasteiger charge is 2.16. The Balaban J connectivity index is 2.38. The van der Waals surface area contributed by atoms with Gasteiger partial charge in [-0.2, -0.15) is 0 Å². The Bertz CT molecular complexity index is 683. The summed E-state index contributed by atoms with van der Waals surface area (Å²) in [6, 6.07) is 7.47. The van der Waals surface area contributed by atoms with E-state index in [9.17, 15) is 4.79 Å². The Morgan fingerprint density at radius 1 is 1.38 bits per heavy atom. The van der Waals surface area contributed by atoms with Crippen molar-refractivity contribution in [3.63, 3.8) is 0 Å². The van der Waals surface area contributed by atoms with E-state index in [4.69, 9.17) is 17.3 Å². The second-order valence-electron chi connectivity index (χ2n) is 5.25. The summed E-state index contributed by atoms with van der Waals surface area (Å²) in [6.45, 7) is 6.12. The molecule has 1 amide bonds. The molecule has 5 heteroatoms. The summed E-state index contributed by atoms with van der Waals surface area (Å²) in [5.74, 6) is -0.00867. The lowest BCUT2D eigenvalue weighted by molar-refractivity contribution is 0.102. The first-order valence-electron chi connectivity index (χ1n) is 6.72. The number of pyridine rings is 1. The standard InChI is InChI=1S/C16H18ClN3O/c1-9(2)12-6-4-5-10(3)14(12)20-16(21)13-7-11(18)8-19-15(13)17/h4-9H,18H2,1-3H3,(H,20,21). The number of benzene rings is 1. The van der Waals surface area contributed by atoms with Crippen molar-refractivity contribution >= 4 is 28.9 Å². The van der Waals surface area contributed by atoms with Gasteiger partial charge in [0.05, 0.1) is 17.4 Å². The van der Waals surface area contributed by atoms with E-state index >= 15 is 0 Å². The molecular weight excluding hydrogens is 286 g/mol. The molecule has 0 atom stereocenters. The summed E-state index contributed by atoms with van der Waals surface area (Å²) in [5, 5.41) is 3.07. The molecule has 2 aromatic rings. The molecule has 1 heterocycles. The number of anilines is 2. The molecular formula is C16H18ClN3O. The van der Waals surface area contributed by atoms with Gasteiger partial charge in [0, 0.05) is 5.69 Å². The van der Waals surface area contributed by atoms with Crippen molar-refractivity contribution in [3.05, 3.63) is 52.3 Å². The number of carbonyl (C=O) groups is 1. The zero-order valence-electron chi connectivity index (χ0n) is 12.3. The minimum absolute atomic E-state index is 0.140. The monoisotopic (exact) mass is 303 g/mol. The van der Waals surface area contributed by atoms with Crippen molar-refractivity contribution in [1.82, 2.24) is 4.98 Å². The SMILES string of the molecule is Cc1cccc(C(C)C)c1NC(=O)c1cc(N)cnc1Cl. The molecule has 0 saturated heterocycles. The van der Waals surface area contributed by atoms with Crippen LogP contribution in [-0.2, 0) is 0 Å². The summed E-state index contributed by atoms with van der Waals surface area (Å²) in [5.41, 5.74) is 9.24. The van der Waals surface area contributed by atoms with E-state index in [1.165, 1.54) is 12.3 Å². The number of hydrogen-bond acceptors (Lipinski definition) is 3. The highest BCUT2D eigenvalue weighted by molar-refractivity contribution is 6.33. The van der Waals surface area contributed by atoms with Gasteiger partial charge in [0.1, 0.15) is 5.15 Å². The molecule has 0 aliphatic carbocycles. The van der Waals surface area contributed by atoms with Gasteiger partial charge in [0.2, 0.25) is 0 Å². The quantitative estimate of drug-likeness (QED) is 0.842. The van der Waals surface area contributed by atoms with Gasteiger partial charge in [-0.1, -0.05) is 43.6 Å². The summed E-state index contributed by atoms with van der Waals surface area (Å²) < 4.78 is 0. The minimum atomic E-state index is -0.309. The smallest absolute Gasteiger partial charge is 0.258 e.